The highest BCUT2D eigenvalue weighted by atomic mass is 16.5. The van der Waals surface area contributed by atoms with Crippen molar-refractivity contribution in [2.45, 2.75) is 57.0 Å². The van der Waals surface area contributed by atoms with Crippen LogP contribution in [0.5, 0.6) is 0 Å². The number of carbonyl (C=O) groups excluding carboxylic acids is 1. The van der Waals surface area contributed by atoms with E-state index in [1.54, 1.807) is 0 Å². The number of carbonyl (C=O) groups is 2. The van der Waals surface area contributed by atoms with Gasteiger partial charge in [-0.05, 0) is 42.4 Å². The summed E-state index contributed by atoms with van der Waals surface area (Å²) in [5.74, 6) is -0.393. The van der Waals surface area contributed by atoms with Crippen LogP contribution < -0.4 is 0 Å². The minimum atomic E-state index is -0.796. The molecule has 3 aliphatic heterocycles. The number of benzene rings is 2. The molecule has 34 heavy (non-hydrogen) atoms. The van der Waals surface area contributed by atoms with E-state index in [1.807, 2.05) is 48.5 Å². The third-order valence-corrected chi connectivity index (χ3v) is 7.06. The van der Waals surface area contributed by atoms with Gasteiger partial charge in [0.25, 0.3) is 0 Å². The molecule has 178 valence electrons. The van der Waals surface area contributed by atoms with Gasteiger partial charge in [-0.2, -0.15) is 0 Å². The van der Waals surface area contributed by atoms with E-state index in [2.05, 4.69) is 11.1 Å². The van der Waals surface area contributed by atoms with Crippen molar-refractivity contribution in [3.63, 3.8) is 0 Å². The minimum Gasteiger partial charge on any atom is -0.481 e. The van der Waals surface area contributed by atoms with E-state index in [-0.39, 0.29) is 49.6 Å². The Labute approximate surface area is 198 Å². The zero-order chi connectivity index (χ0) is 23.5. The van der Waals surface area contributed by atoms with E-state index in [0.29, 0.717) is 12.3 Å². The monoisotopic (exact) mass is 463 g/mol. The zero-order valence-corrected chi connectivity index (χ0v) is 19.0. The molecule has 7 heteroatoms. The molecule has 0 aliphatic carbocycles. The van der Waals surface area contributed by atoms with Gasteiger partial charge >= 0.3 is 11.9 Å². The number of aliphatic imine (C=N–C) groups is 1. The van der Waals surface area contributed by atoms with Crippen LogP contribution >= 0.6 is 0 Å². The van der Waals surface area contributed by atoms with Crippen molar-refractivity contribution in [1.82, 2.24) is 0 Å². The van der Waals surface area contributed by atoms with Gasteiger partial charge in [0.1, 0.15) is 13.2 Å². The molecule has 0 saturated carbocycles. The number of esters is 1. The number of aryl methyl sites for hydroxylation is 1. The molecule has 3 aliphatic rings. The first-order valence-electron chi connectivity index (χ1n) is 11.9. The van der Waals surface area contributed by atoms with Crippen LogP contribution in [0.3, 0.4) is 0 Å². The number of carboxylic acids is 1. The quantitative estimate of drug-likeness (QED) is 0.572. The molecule has 2 saturated heterocycles. The fourth-order valence-corrected chi connectivity index (χ4v) is 5.39. The predicted molar refractivity (Wildman–Crippen MR) is 124 cm³/mol. The van der Waals surface area contributed by atoms with E-state index in [4.69, 9.17) is 19.3 Å². The molecule has 3 heterocycles. The van der Waals surface area contributed by atoms with Crippen LogP contribution in [-0.4, -0.2) is 47.8 Å². The lowest BCUT2D eigenvalue weighted by Gasteiger charge is -2.28. The third-order valence-electron chi connectivity index (χ3n) is 7.06. The van der Waals surface area contributed by atoms with Gasteiger partial charge in [0.15, 0.2) is 11.9 Å². The van der Waals surface area contributed by atoms with Crippen molar-refractivity contribution >= 4 is 17.8 Å². The standard InChI is InChI=1S/C27H29NO6/c29-24(30)13-10-18-8-4-5-9-19(18)14-20-22-11-12-23(34-22)25(20)26-28-21(16-32-26)27(31)33-15-17-6-2-1-3-7-17/h1-9,20-23,25H,10-16H2,(H,29,30)/t20-,21?,22-,23+,25-/m0/s1. The Balaban J connectivity index is 1.27. The Hall–Kier alpha value is -3.19. The largest absolute Gasteiger partial charge is 0.481 e. The molecular weight excluding hydrogens is 434 g/mol. The molecule has 0 spiro atoms. The summed E-state index contributed by atoms with van der Waals surface area (Å²) < 4.78 is 17.7. The Morgan fingerprint density at radius 1 is 1.00 bits per heavy atom. The van der Waals surface area contributed by atoms with Crippen LogP contribution in [0, 0.1) is 11.8 Å². The molecule has 2 aromatic rings. The summed E-state index contributed by atoms with van der Waals surface area (Å²) in [5, 5.41) is 9.10. The summed E-state index contributed by atoms with van der Waals surface area (Å²) in [6.07, 6.45) is 3.50. The average Bonchev–Trinajstić information content (AvgIpc) is 3.59. The summed E-state index contributed by atoms with van der Waals surface area (Å²) in [4.78, 5) is 28.3. The first-order chi connectivity index (χ1) is 16.6. The second-order valence-electron chi connectivity index (χ2n) is 9.23. The second-order valence-corrected chi connectivity index (χ2v) is 9.23. The molecule has 2 aromatic carbocycles. The van der Waals surface area contributed by atoms with Gasteiger partial charge in [-0.25, -0.2) is 9.79 Å². The zero-order valence-electron chi connectivity index (χ0n) is 19.0. The molecule has 0 amide bonds. The second kappa shape index (κ2) is 9.97. The van der Waals surface area contributed by atoms with E-state index in [0.717, 1.165) is 36.0 Å². The Bertz CT molecular complexity index is 1070. The molecule has 1 N–H and O–H groups in total. The third kappa shape index (κ3) is 4.85. The van der Waals surface area contributed by atoms with Crippen LogP contribution in [0.1, 0.15) is 36.0 Å². The molecule has 2 fully saturated rings. The number of aliphatic carboxylic acids is 1. The lowest BCUT2D eigenvalue weighted by Crippen LogP contribution is -2.35. The smallest absolute Gasteiger partial charge is 0.334 e. The van der Waals surface area contributed by atoms with Gasteiger partial charge in [-0.15, -0.1) is 0 Å². The average molecular weight is 464 g/mol. The first-order valence-corrected chi connectivity index (χ1v) is 11.9. The lowest BCUT2D eigenvalue weighted by molar-refractivity contribution is -0.146. The van der Waals surface area contributed by atoms with Crippen molar-refractivity contribution in [3.8, 4) is 0 Å². The van der Waals surface area contributed by atoms with E-state index >= 15 is 0 Å². The molecule has 2 bridgehead atoms. The maximum atomic E-state index is 12.6. The van der Waals surface area contributed by atoms with E-state index < -0.39 is 12.0 Å². The van der Waals surface area contributed by atoms with Crippen LogP contribution in [0.15, 0.2) is 59.6 Å². The minimum absolute atomic E-state index is 0.00166. The van der Waals surface area contributed by atoms with Gasteiger partial charge in [0, 0.05) is 12.3 Å². The molecule has 0 aromatic heterocycles. The fourth-order valence-electron chi connectivity index (χ4n) is 5.39. The molecular formula is C27H29NO6. The number of rotatable bonds is 9. The van der Waals surface area contributed by atoms with Crippen LogP contribution in [0.4, 0.5) is 0 Å². The van der Waals surface area contributed by atoms with Crippen molar-refractivity contribution in [1.29, 1.82) is 0 Å². The summed E-state index contributed by atoms with van der Waals surface area (Å²) in [5.41, 5.74) is 3.14. The van der Waals surface area contributed by atoms with Crippen LogP contribution in [0.25, 0.3) is 0 Å². The Morgan fingerprint density at radius 3 is 2.53 bits per heavy atom. The highest BCUT2D eigenvalue weighted by Gasteiger charge is 2.53. The van der Waals surface area contributed by atoms with E-state index in [9.17, 15) is 9.59 Å². The van der Waals surface area contributed by atoms with Gasteiger partial charge in [-0.1, -0.05) is 54.6 Å². The SMILES string of the molecule is O=C(O)CCc1ccccc1C[C@@H]1[C@H](C2=NC(C(=O)OCc3ccccc3)CO2)[C@H]2CC[C@@H]1O2. The summed E-state index contributed by atoms with van der Waals surface area (Å²) >= 11 is 0. The number of fused-ring (bicyclic) bond motifs is 2. The molecule has 5 rings (SSSR count). The van der Waals surface area contributed by atoms with E-state index in [1.165, 1.54) is 0 Å². The molecule has 1 unspecified atom stereocenters. The van der Waals surface area contributed by atoms with Crippen molar-refractivity contribution < 1.29 is 28.9 Å². The normalized spacial score (nSPS) is 27.3. The number of hydrogen-bond acceptors (Lipinski definition) is 6. The number of ether oxygens (including phenoxy) is 3. The number of hydrogen-bond donors (Lipinski definition) is 1. The molecule has 0 radical (unpaired) electrons. The topological polar surface area (TPSA) is 94.4 Å². The first kappa shape index (κ1) is 22.6. The van der Waals surface area contributed by atoms with Crippen molar-refractivity contribution in [3.05, 3.63) is 71.3 Å². The predicted octanol–water partition coefficient (Wildman–Crippen LogP) is 3.58. The Kier molecular flexibility index (Phi) is 6.63. The fraction of sp³-hybridized carbons (Fsp3) is 0.444. The highest BCUT2D eigenvalue weighted by molar-refractivity contribution is 5.87. The summed E-state index contributed by atoms with van der Waals surface area (Å²) in [6.45, 7) is 0.410. The van der Waals surface area contributed by atoms with Crippen LogP contribution in [0.2, 0.25) is 0 Å². The maximum Gasteiger partial charge on any atom is 0.334 e. The summed E-state index contributed by atoms with van der Waals surface area (Å²) in [6, 6.07) is 16.9. The summed E-state index contributed by atoms with van der Waals surface area (Å²) in [7, 11) is 0. The van der Waals surface area contributed by atoms with Gasteiger partial charge in [0.2, 0.25) is 0 Å². The Morgan fingerprint density at radius 2 is 1.74 bits per heavy atom. The van der Waals surface area contributed by atoms with Crippen molar-refractivity contribution in [2.24, 2.45) is 16.8 Å². The van der Waals surface area contributed by atoms with Gasteiger partial charge < -0.3 is 19.3 Å². The number of nitrogens with zero attached hydrogens (tertiary/aromatic N) is 1. The molecule has 7 nitrogen and oxygen atoms in total. The van der Waals surface area contributed by atoms with Crippen LogP contribution in [-0.2, 0) is 43.2 Å². The highest BCUT2D eigenvalue weighted by Crippen LogP contribution is 2.46. The lowest BCUT2D eigenvalue weighted by atomic mass is 9.75. The van der Waals surface area contributed by atoms with Gasteiger partial charge in [-0.3, -0.25) is 4.79 Å². The van der Waals surface area contributed by atoms with Gasteiger partial charge in [0.05, 0.1) is 18.1 Å². The number of carboxylic acid groups (broad SMARTS) is 1. The van der Waals surface area contributed by atoms with Crippen molar-refractivity contribution in [2.75, 3.05) is 6.61 Å². The maximum absolute atomic E-state index is 12.6. The molecule has 5 atom stereocenters.